The number of aryl methyl sites for hydroxylation is 2. The van der Waals surface area contributed by atoms with Crippen LogP contribution in [0.2, 0.25) is 0 Å². The van der Waals surface area contributed by atoms with E-state index >= 15 is 0 Å². The van der Waals surface area contributed by atoms with Crippen LogP contribution in [0, 0.1) is 13.8 Å². The second-order valence-corrected chi connectivity index (χ2v) is 9.67. The van der Waals surface area contributed by atoms with Crippen molar-refractivity contribution in [2.75, 3.05) is 17.2 Å². The van der Waals surface area contributed by atoms with E-state index in [9.17, 15) is 18.0 Å². The molecule has 0 radical (unpaired) electrons. The summed E-state index contributed by atoms with van der Waals surface area (Å²) in [5.74, 6) is -0.566. The molecular formula is C22H23N3O4S2. The Kier molecular flexibility index (Phi) is 7.21. The Balaban J connectivity index is 1.52. The summed E-state index contributed by atoms with van der Waals surface area (Å²) in [5, 5.41) is 7.31. The maximum Gasteiger partial charge on any atom is 0.265 e. The second-order valence-electron chi connectivity index (χ2n) is 6.95. The summed E-state index contributed by atoms with van der Waals surface area (Å²) in [5.41, 5.74) is 2.94. The Bertz CT molecular complexity index is 1190. The Morgan fingerprint density at radius 3 is 2.32 bits per heavy atom. The number of anilines is 2. The van der Waals surface area contributed by atoms with Crippen LogP contribution in [-0.4, -0.2) is 26.8 Å². The highest BCUT2D eigenvalue weighted by Crippen LogP contribution is 2.18. The standard InChI is InChI=1S/C22H23N3O4S2/c1-15-8-9-19(13-16(15)2)31(28,29)23-11-10-21(26)24-17-5-3-6-18(14-17)25-22(27)20-7-4-12-30-20/h3-9,12-14,23H,10-11H2,1-2H3,(H,24,26)(H,25,27). The summed E-state index contributed by atoms with van der Waals surface area (Å²) >= 11 is 1.34. The zero-order valence-electron chi connectivity index (χ0n) is 17.1. The van der Waals surface area contributed by atoms with Gasteiger partial charge in [0.15, 0.2) is 0 Å². The van der Waals surface area contributed by atoms with Crippen molar-refractivity contribution in [3.8, 4) is 0 Å². The van der Waals surface area contributed by atoms with Crippen molar-refractivity contribution in [1.82, 2.24) is 4.72 Å². The van der Waals surface area contributed by atoms with Gasteiger partial charge in [-0.2, -0.15) is 0 Å². The van der Waals surface area contributed by atoms with E-state index in [1.165, 1.54) is 11.3 Å². The lowest BCUT2D eigenvalue weighted by atomic mass is 10.1. The van der Waals surface area contributed by atoms with Crippen molar-refractivity contribution in [2.24, 2.45) is 0 Å². The molecule has 3 N–H and O–H groups in total. The molecule has 0 aliphatic carbocycles. The minimum atomic E-state index is -3.69. The predicted octanol–water partition coefficient (Wildman–Crippen LogP) is 3.92. The first-order valence-electron chi connectivity index (χ1n) is 9.56. The van der Waals surface area contributed by atoms with Gasteiger partial charge in [-0.1, -0.05) is 18.2 Å². The summed E-state index contributed by atoms with van der Waals surface area (Å²) in [6, 6.07) is 15.2. The minimum Gasteiger partial charge on any atom is -0.326 e. The molecule has 0 saturated heterocycles. The van der Waals surface area contributed by atoms with Crippen molar-refractivity contribution in [1.29, 1.82) is 0 Å². The average Bonchev–Trinajstić information content (AvgIpc) is 3.25. The molecule has 9 heteroatoms. The van der Waals surface area contributed by atoms with Gasteiger partial charge in [0.05, 0.1) is 9.77 Å². The maximum atomic E-state index is 12.4. The Morgan fingerprint density at radius 1 is 0.903 bits per heavy atom. The summed E-state index contributed by atoms with van der Waals surface area (Å²) in [6.45, 7) is 3.72. The van der Waals surface area contributed by atoms with Gasteiger partial charge in [0, 0.05) is 24.3 Å². The summed E-state index contributed by atoms with van der Waals surface area (Å²) in [7, 11) is -3.69. The van der Waals surface area contributed by atoms with Crippen LogP contribution in [0.15, 0.2) is 64.9 Å². The van der Waals surface area contributed by atoms with Crippen LogP contribution in [0.25, 0.3) is 0 Å². The molecule has 2 amide bonds. The zero-order valence-corrected chi connectivity index (χ0v) is 18.8. The lowest BCUT2D eigenvalue weighted by molar-refractivity contribution is -0.116. The summed E-state index contributed by atoms with van der Waals surface area (Å²) < 4.78 is 27.2. The lowest BCUT2D eigenvalue weighted by Crippen LogP contribution is -2.28. The molecule has 0 fully saturated rings. The van der Waals surface area contributed by atoms with Crippen LogP contribution < -0.4 is 15.4 Å². The molecule has 0 aliphatic heterocycles. The molecule has 0 saturated carbocycles. The predicted molar refractivity (Wildman–Crippen MR) is 123 cm³/mol. The van der Waals surface area contributed by atoms with E-state index < -0.39 is 10.0 Å². The fourth-order valence-electron chi connectivity index (χ4n) is 2.76. The molecule has 0 aliphatic rings. The molecule has 1 aromatic heterocycles. The smallest absolute Gasteiger partial charge is 0.265 e. The first-order chi connectivity index (χ1) is 14.7. The van der Waals surface area contributed by atoms with Crippen LogP contribution >= 0.6 is 11.3 Å². The zero-order chi connectivity index (χ0) is 22.4. The molecule has 162 valence electrons. The number of carbonyl (C=O) groups excluding carboxylic acids is 2. The fourth-order valence-corrected chi connectivity index (χ4v) is 4.50. The quantitative estimate of drug-likeness (QED) is 0.477. The summed E-state index contributed by atoms with van der Waals surface area (Å²) in [4.78, 5) is 25.1. The minimum absolute atomic E-state index is 0.0318. The molecule has 0 atom stereocenters. The van der Waals surface area contributed by atoms with Crippen LogP contribution in [0.5, 0.6) is 0 Å². The molecule has 2 aromatic carbocycles. The summed E-state index contributed by atoms with van der Waals surface area (Å²) in [6.07, 6.45) is -0.0319. The van der Waals surface area contributed by atoms with Crippen LogP contribution in [-0.2, 0) is 14.8 Å². The van der Waals surface area contributed by atoms with Gasteiger partial charge in [0.1, 0.15) is 0 Å². The number of sulfonamides is 1. The third-order valence-corrected chi connectivity index (χ3v) is 6.91. The van der Waals surface area contributed by atoms with Gasteiger partial charge in [-0.25, -0.2) is 13.1 Å². The third-order valence-electron chi connectivity index (χ3n) is 4.58. The van der Waals surface area contributed by atoms with Gasteiger partial charge in [-0.15, -0.1) is 11.3 Å². The van der Waals surface area contributed by atoms with E-state index in [0.29, 0.717) is 16.3 Å². The number of amides is 2. The van der Waals surface area contributed by atoms with E-state index in [-0.39, 0.29) is 29.7 Å². The van der Waals surface area contributed by atoms with E-state index in [1.54, 1.807) is 54.6 Å². The molecule has 0 unspecified atom stereocenters. The highest BCUT2D eigenvalue weighted by Gasteiger charge is 2.15. The van der Waals surface area contributed by atoms with E-state index in [4.69, 9.17) is 0 Å². The molecule has 0 bridgehead atoms. The second kappa shape index (κ2) is 9.86. The third kappa shape index (κ3) is 6.24. The van der Waals surface area contributed by atoms with Gasteiger partial charge in [-0.3, -0.25) is 9.59 Å². The highest BCUT2D eigenvalue weighted by atomic mass is 32.2. The van der Waals surface area contributed by atoms with Crippen molar-refractivity contribution in [2.45, 2.75) is 25.2 Å². The number of hydrogen-bond acceptors (Lipinski definition) is 5. The molecule has 7 nitrogen and oxygen atoms in total. The highest BCUT2D eigenvalue weighted by molar-refractivity contribution is 7.89. The number of nitrogens with one attached hydrogen (secondary N) is 3. The van der Waals surface area contributed by atoms with Gasteiger partial charge in [0.2, 0.25) is 15.9 Å². The molecule has 1 heterocycles. The number of carbonyl (C=O) groups is 2. The molecule has 3 rings (SSSR count). The SMILES string of the molecule is Cc1ccc(S(=O)(=O)NCCC(=O)Nc2cccc(NC(=O)c3cccs3)c2)cc1C. The van der Waals surface area contributed by atoms with Crippen molar-refractivity contribution < 1.29 is 18.0 Å². The molecule has 31 heavy (non-hydrogen) atoms. The topological polar surface area (TPSA) is 104 Å². The number of thiophene rings is 1. The Morgan fingerprint density at radius 2 is 1.65 bits per heavy atom. The monoisotopic (exact) mass is 457 g/mol. The van der Waals surface area contributed by atoms with E-state index in [1.807, 2.05) is 19.2 Å². The van der Waals surface area contributed by atoms with Gasteiger partial charge < -0.3 is 10.6 Å². The van der Waals surface area contributed by atoms with Crippen LogP contribution in [0.3, 0.4) is 0 Å². The Hall–Kier alpha value is -3.01. The van der Waals surface area contributed by atoms with E-state index in [2.05, 4.69) is 15.4 Å². The van der Waals surface area contributed by atoms with E-state index in [0.717, 1.165) is 11.1 Å². The van der Waals surface area contributed by atoms with Crippen molar-refractivity contribution in [3.05, 3.63) is 76.0 Å². The Labute approximate surface area is 185 Å². The fraction of sp³-hybridized carbons (Fsp3) is 0.182. The van der Waals surface area contributed by atoms with Gasteiger partial charge in [-0.05, 0) is 66.8 Å². The number of hydrogen-bond donors (Lipinski definition) is 3. The molecular weight excluding hydrogens is 434 g/mol. The van der Waals surface area contributed by atoms with Crippen LogP contribution in [0.4, 0.5) is 11.4 Å². The van der Waals surface area contributed by atoms with Crippen LogP contribution in [0.1, 0.15) is 27.2 Å². The normalized spacial score (nSPS) is 11.2. The average molecular weight is 458 g/mol. The molecule has 3 aromatic rings. The first kappa shape index (κ1) is 22.7. The van der Waals surface area contributed by atoms with Gasteiger partial charge in [0.25, 0.3) is 5.91 Å². The van der Waals surface area contributed by atoms with Crippen molar-refractivity contribution in [3.63, 3.8) is 0 Å². The number of benzene rings is 2. The largest absolute Gasteiger partial charge is 0.326 e. The molecule has 0 spiro atoms. The first-order valence-corrected chi connectivity index (χ1v) is 11.9. The maximum absolute atomic E-state index is 12.4. The lowest BCUT2D eigenvalue weighted by Gasteiger charge is -2.10. The van der Waals surface area contributed by atoms with Crippen molar-refractivity contribution >= 4 is 44.5 Å². The number of rotatable bonds is 8. The van der Waals surface area contributed by atoms with Gasteiger partial charge >= 0.3 is 0 Å².